The Balaban J connectivity index is 1.82. The first-order valence-corrected chi connectivity index (χ1v) is 7.76. The zero-order valence-corrected chi connectivity index (χ0v) is 12.9. The van der Waals surface area contributed by atoms with Crippen LogP contribution in [-0.4, -0.2) is 24.7 Å². The topological polar surface area (TPSA) is 69.1 Å². The molecule has 0 amide bonds. The van der Waals surface area contributed by atoms with Gasteiger partial charge < -0.3 is 4.52 Å². The summed E-state index contributed by atoms with van der Waals surface area (Å²) in [6.45, 7) is 0. The van der Waals surface area contributed by atoms with E-state index in [0.717, 1.165) is 9.39 Å². The van der Waals surface area contributed by atoms with Crippen LogP contribution in [0, 0.1) is 0 Å². The average molecular weight is 369 g/mol. The average Bonchev–Trinajstić information content (AvgIpc) is 3.31. The molecule has 6 nitrogen and oxygen atoms in total. The van der Waals surface area contributed by atoms with E-state index in [1.54, 1.807) is 6.07 Å². The Bertz CT molecular complexity index is 1030. The minimum Gasteiger partial charge on any atom is -0.332 e. The molecule has 0 unspecified atom stereocenters. The number of fused-ring (bicyclic) bond motifs is 1. The minimum atomic E-state index is -3.00. The molecule has 0 N–H and O–H groups in total. The van der Waals surface area contributed by atoms with Crippen molar-refractivity contribution < 1.29 is 22.1 Å². The highest BCUT2D eigenvalue weighted by molar-refractivity contribution is 7.13. The molecule has 4 heterocycles. The zero-order valence-electron chi connectivity index (χ0n) is 12.1. The molecule has 0 aliphatic rings. The molecule has 11 heteroatoms. The molecule has 128 valence electrons. The van der Waals surface area contributed by atoms with Gasteiger partial charge in [-0.25, -0.2) is 27.1 Å². The first kappa shape index (κ1) is 15.7. The number of rotatable bonds is 4. The van der Waals surface area contributed by atoms with Crippen LogP contribution in [0.3, 0.4) is 0 Å². The van der Waals surface area contributed by atoms with Gasteiger partial charge >= 0.3 is 0 Å². The van der Waals surface area contributed by atoms with Crippen molar-refractivity contribution in [3.8, 4) is 22.3 Å². The summed E-state index contributed by atoms with van der Waals surface area (Å²) >= 11 is 1.40. The van der Waals surface area contributed by atoms with Gasteiger partial charge in [-0.3, -0.25) is 0 Å². The van der Waals surface area contributed by atoms with Crippen molar-refractivity contribution in [2.75, 3.05) is 0 Å². The molecule has 0 spiro atoms. The predicted octanol–water partition coefficient (Wildman–Crippen LogP) is 4.38. The molecule has 0 aliphatic heterocycles. The van der Waals surface area contributed by atoms with Crippen molar-refractivity contribution in [3.05, 3.63) is 41.0 Å². The van der Waals surface area contributed by atoms with Crippen molar-refractivity contribution in [2.24, 2.45) is 0 Å². The third-order valence-electron chi connectivity index (χ3n) is 3.31. The van der Waals surface area contributed by atoms with Gasteiger partial charge in [0.05, 0.1) is 4.88 Å². The number of hydrogen-bond donors (Lipinski definition) is 0. The van der Waals surface area contributed by atoms with E-state index in [2.05, 4.69) is 20.2 Å². The number of nitrogens with zero attached hydrogens (tertiary/aromatic N) is 5. The highest BCUT2D eigenvalue weighted by atomic mass is 32.1. The highest BCUT2D eigenvalue weighted by Gasteiger charge is 2.22. The van der Waals surface area contributed by atoms with Crippen LogP contribution >= 0.6 is 11.3 Å². The summed E-state index contributed by atoms with van der Waals surface area (Å²) in [5.41, 5.74) is -1.53. The van der Waals surface area contributed by atoms with Crippen molar-refractivity contribution in [2.45, 2.75) is 12.9 Å². The predicted molar refractivity (Wildman–Crippen MR) is 79.5 cm³/mol. The van der Waals surface area contributed by atoms with Gasteiger partial charge in [-0.2, -0.15) is 10.1 Å². The maximum absolute atomic E-state index is 13.2. The van der Waals surface area contributed by atoms with Crippen molar-refractivity contribution >= 4 is 17.0 Å². The van der Waals surface area contributed by atoms with Crippen molar-refractivity contribution in [1.82, 2.24) is 24.7 Å². The van der Waals surface area contributed by atoms with E-state index in [-0.39, 0.29) is 17.2 Å². The smallest absolute Gasteiger partial charge is 0.280 e. The van der Waals surface area contributed by atoms with Crippen molar-refractivity contribution in [3.63, 3.8) is 0 Å². The fraction of sp³-hybridized carbons (Fsp3) is 0.143. The Morgan fingerprint density at radius 2 is 1.92 bits per heavy atom. The summed E-state index contributed by atoms with van der Waals surface area (Å²) in [6.07, 6.45) is -5.98. The van der Waals surface area contributed by atoms with Crippen LogP contribution in [0.4, 0.5) is 17.6 Å². The third kappa shape index (κ3) is 2.76. The van der Waals surface area contributed by atoms with Gasteiger partial charge in [-0.1, -0.05) is 11.2 Å². The summed E-state index contributed by atoms with van der Waals surface area (Å²) in [5.74, 6) is 0.296. The second-order valence-electron chi connectivity index (χ2n) is 4.91. The monoisotopic (exact) mass is 369 g/mol. The van der Waals surface area contributed by atoms with E-state index in [1.165, 1.54) is 17.4 Å². The first-order chi connectivity index (χ1) is 12.0. The first-order valence-electron chi connectivity index (χ1n) is 6.88. The largest absolute Gasteiger partial charge is 0.332 e. The molecule has 0 saturated carbocycles. The SMILES string of the molecule is FC(F)c1cc(C(F)F)n2nc(-c3nc(-c4cccs4)no3)cc2n1. The Kier molecular flexibility index (Phi) is 3.71. The minimum absolute atomic E-state index is 0.0206. The molecular weight excluding hydrogens is 362 g/mol. The number of aromatic nitrogens is 5. The molecular formula is C14H7F4N5OS. The van der Waals surface area contributed by atoms with E-state index >= 15 is 0 Å². The quantitative estimate of drug-likeness (QED) is 0.499. The number of halogens is 4. The molecule has 0 radical (unpaired) electrons. The van der Waals surface area contributed by atoms with Crippen molar-refractivity contribution in [1.29, 1.82) is 0 Å². The number of hydrogen-bond acceptors (Lipinski definition) is 6. The van der Waals surface area contributed by atoms with Gasteiger partial charge in [0.25, 0.3) is 18.7 Å². The maximum Gasteiger partial charge on any atom is 0.280 e. The second kappa shape index (κ2) is 5.92. The van der Waals surface area contributed by atoms with Gasteiger partial charge in [-0.05, 0) is 17.5 Å². The highest BCUT2D eigenvalue weighted by Crippen LogP contribution is 2.28. The maximum atomic E-state index is 13.2. The van der Waals surface area contributed by atoms with Crippen LogP contribution in [0.2, 0.25) is 0 Å². The lowest BCUT2D eigenvalue weighted by atomic mass is 10.3. The van der Waals surface area contributed by atoms with E-state index in [4.69, 9.17) is 4.52 Å². The van der Waals surface area contributed by atoms with Crippen LogP contribution in [0.5, 0.6) is 0 Å². The summed E-state index contributed by atoms with van der Waals surface area (Å²) in [5, 5.41) is 9.57. The molecule has 0 saturated heterocycles. The molecule has 0 atom stereocenters. The van der Waals surface area contributed by atoms with Gasteiger partial charge in [0.2, 0.25) is 5.82 Å². The standard InChI is InChI=1S/C14H7F4N5OS/c15-11(16)6-4-8(12(17)18)23-10(19-6)5-7(21-23)14-20-13(22-24-14)9-2-1-3-25-9/h1-5,11-12H. The van der Waals surface area contributed by atoms with Crippen LogP contribution in [0.15, 0.2) is 34.2 Å². The van der Waals surface area contributed by atoms with Crippen LogP contribution in [-0.2, 0) is 0 Å². The summed E-state index contributed by atoms with van der Waals surface area (Å²) in [6, 6.07) is 5.47. The van der Waals surface area contributed by atoms with Crippen LogP contribution < -0.4 is 0 Å². The van der Waals surface area contributed by atoms with Crippen LogP contribution in [0.25, 0.3) is 27.9 Å². The summed E-state index contributed by atoms with van der Waals surface area (Å²) in [7, 11) is 0. The molecule has 0 bridgehead atoms. The lowest BCUT2D eigenvalue weighted by Gasteiger charge is -2.06. The Hall–Kier alpha value is -2.82. The zero-order chi connectivity index (χ0) is 17.6. The van der Waals surface area contributed by atoms with Gasteiger partial charge in [0.1, 0.15) is 11.4 Å². The summed E-state index contributed by atoms with van der Waals surface area (Å²) in [4.78, 5) is 8.55. The Morgan fingerprint density at radius 1 is 1.08 bits per heavy atom. The number of alkyl halides is 4. The fourth-order valence-electron chi connectivity index (χ4n) is 2.22. The molecule has 0 aromatic carbocycles. The van der Waals surface area contributed by atoms with E-state index in [0.29, 0.717) is 11.9 Å². The van der Waals surface area contributed by atoms with E-state index in [9.17, 15) is 17.6 Å². The van der Waals surface area contributed by atoms with E-state index < -0.39 is 24.2 Å². The molecule has 4 aromatic heterocycles. The van der Waals surface area contributed by atoms with Gasteiger partial charge in [-0.15, -0.1) is 11.3 Å². The van der Waals surface area contributed by atoms with Gasteiger partial charge in [0.15, 0.2) is 11.3 Å². The van der Waals surface area contributed by atoms with E-state index in [1.807, 2.05) is 11.4 Å². The molecule has 4 aromatic rings. The Morgan fingerprint density at radius 3 is 2.60 bits per heavy atom. The normalized spacial score (nSPS) is 11.9. The van der Waals surface area contributed by atoms with Gasteiger partial charge in [0, 0.05) is 6.07 Å². The molecule has 0 fully saturated rings. The molecule has 25 heavy (non-hydrogen) atoms. The molecule has 0 aliphatic carbocycles. The third-order valence-corrected chi connectivity index (χ3v) is 4.17. The number of thiophene rings is 1. The lowest BCUT2D eigenvalue weighted by Crippen LogP contribution is -2.04. The molecule has 4 rings (SSSR count). The summed E-state index contributed by atoms with van der Waals surface area (Å²) < 4.78 is 57.9. The second-order valence-corrected chi connectivity index (χ2v) is 5.85. The Labute approximate surface area is 140 Å². The fourth-order valence-corrected chi connectivity index (χ4v) is 2.87. The van der Waals surface area contributed by atoms with Crippen LogP contribution in [0.1, 0.15) is 24.2 Å². The lowest BCUT2D eigenvalue weighted by molar-refractivity contribution is 0.135.